The summed E-state index contributed by atoms with van der Waals surface area (Å²) < 4.78 is 4.91. The Bertz CT molecular complexity index is 884. The molecule has 0 aromatic rings. The lowest BCUT2D eigenvalue weighted by atomic mass is 9.66. The van der Waals surface area contributed by atoms with E-state index < -0.39 is 34.2 Å². The molecule has 0 aliphatic carbocycles. The van der Waals surface area contributed by atoms with E-state index in [1.165, 1.54) is 0 Å². The topological polar surface area (TPSA) is 87.2 Å². The van der Waals surface area contributed by atoms with Crippen molar-refractivity contribution in [2.24, 2.45) is 23.7 Å². The van der Waals surface area contributed by atoms with E-state index >= 15 is 0 Å². The highest BCUT2D eigenvalue weighted by molar-refractivity contribution is 8.02. The number of aliphatic hydroxyl groups excluding tert-OH is 1. The van der Waals surface area contributed by atoms with Gasteiger partial charge in [0.25, 0.3) is 0 Å². The van der Waals surface area contributed by atoms with Gasteiger partial charge in [0.15, 0.2) is 0 Å². The average molecular weight is 521 g/mol. The van der Waals surface area contributed by atoms with Gasteiger partial charge in [-0.2, -0.15) is 0 Å². The van der Waals surface area contributed by atoms with Crippen LogP contribution in [0.25, 0.3) is 0 Å². The van der Waals surface area contributed by atoms with Crippen molar-refractivity contribution in [3.05, 3.63) is 25.3 Å². The third kappa shape index (κ3) is 4.64. The van der Waals surface area contributed by atoms with Gasteiger partial charge in [-0.25, -0.2) is 0 Å². The third-order valence-electron chi connectivity index (χ3n) is 8.19. The van der Waals surface area contributed by atoms with Crippen LogP contribution in [0.5, 0.6) is 0 Å². The van der Waals surface area contributed by atoms with Crippen LogP contribution in [-0.4, -0.2) is 80.1 Å². The van der Waals surface area contributed by atoms with Gasteiger partial charge in [0.2, 0.25) is 11.8 Å². The van der Waals surface area contributed by atoms with Crippen LogP contribution in [0.1, 0.15) is 60.8 Å². The first-order chi connectivity index (χ1) is 16.9. The molecule has 3 fully saturated rings. The highest BCUT2D eigenvalue weighted by atomic mass is 32.2. The summed E-state index contributed by atoms with van der Waals surface area (Å²) in [6.45, 7) is 19.9. The van der Waals surface area contributed by atoms with Gasteiger partial charge < -0.3 is 19.6 Å². The molecule has 0 aromatic carbocycles. The Morgan fingerprint density at radius 1 is 1.31 bits per heavy atom. The van der Waals surface area contributed by atoms with Gasteiger partial charge in [-0.1, -0.05) is 32.9 Å². The van der Waals surface area contributed by atoms with E-state index in [4.69, 9.17) is 4.74 Å². The standard InChI is InChI=1S/C28H44N2O5S/c1-9-11-12-14-35-26(34)21-20-15-18(5)28(36-20)22(21)24(32)30(19(16-31)17(3)4)23(28)25(33)29(13-10-2)27(6,7)8/h9-10,17-23,31H,1-2,11-16H2,3-8H3/t18?,19-,20-,21+,22-,23?,28?/m0/s1. The number of unbranched alkanes of at least 4 members (excludes halogenated alkanes) is 1. The Labute approximate surface area is 220 Å². The normalized spacial score (nSPS) is 31.9. The van der Waals surface area contributed by atoms with Crippen molar-refractivity contribution in [1.82, 2.24) is 9.80 Å². The first kappa shape index (κ1) is 28.8. The molecule has 2 bridgehead atoms. The number of rotatable bonds is 11. The highest BCUT2D eigenvalue weighted by Gasteiger charge is 2.77. The Hall–Kier alpha value is -1.80. The van der Waals surface area contributed by atoms with Crippen LogP contribution in [-0.2, 0) is 19.1 Å². The molecule has 36 heavy (non-hydrogen) atoms. The SMILES string of the molecule is C=CCCCOC(=O)[C@@H]1[C@@H]2CC(C)C3(S2)C(C(=O)N(CC=C)C(C)(C)C)N([C@@H](CO)C(C)C)C(=O)[C@H]13. The minimum absolute atomic E-state index is 0.0577. The summed E-state index contributed by atoms with van der Waals surface area (Å²) in [6.07, 6.45) is 5.69. The summed E-state index contributed by atoms with van der Waals surface area (Å²) >= 11 is 1.63. The molecule has 202 valence electrons. The van der Waals surface area contributed by atoms with Crippen LogP contribution < -0.4 is 0 Å². The van der Waals surface area contributed by atoms with Crippen LogP contribution in [0.15, 0.2) is 25.3 Å². The fraction of sp³-hybridized carbons (Fsp3) is 0.750. The molecule has 3 aliphatic rings. The number of amides is 2. The van der Waals surface area contributed by atoms with Gasteiger partial charge in [0.1, 0.15) is 6.04 Å². The fourth-order valence-electron chi connectivity index (χ4n) is 6.45. The lowest BCUT2D eigenvalue weighted by Crippen LogP contribution is -2.62. The lowest BCUT2D eigenvalue weighted by molar-refractivity contribution is -0.155. The highest BCUT2D eigenvalue weighted by Crippen LogP contribution is 2.69. The number of nitrogens with zero attached hydrogens (tertiary/aromatic N) is 2. The van der Waals surface area contributed by atoms with E-state index in [-0.39, 0.29) is 48.1 Å². The van der Waals surface area contributed by atoms with Crippen molar-refractivity contribution in [1.29, 1.82) is 0 Å². The number of hydrogen-bond donors (Lipinski definition) is 1. The minimum Gasteiger partial charge on any atom is -0.465 e. The summed E-state index contributed by atoms with van der Waals surface area (Å²) in [5.74, 6) is -1.93. The number of ether oxygens (including phenoxy) is 1. The summed E-state index contributed by atoms with van der Waals surface area (Å²) in [5.41, 5.74) is -0.491. The number of carbonyl (C=O) groups excluding carboxylic acids is 3. The molecular formula is C28H44N2O5S. The van der Waals surface area contributed by atoms with E-state index in [0.717, 1.165) is 12.8 Å². The smallest absolute Gasteiger partial charge is 0.310 e. The molecule has 2 amide bonds. The maximum absolute atomic E-state index is 14.4. The van der Waals surface area contributed by atoms with Gasteiger partial charge in [-0.3, -0.25) is 14.4 Å². The zero-order valence-corrected chi connectivity index (χ0v) is 23.6. The fourth-order valence-corrected chi connectivity index (χ4v) is 8.84. The summed E-state index contributed by atoms with van der Waals surface area (Å²) in [4.78, 5) is 45.5. The zero-order chi connectivity index (χ0) is 27.0. The largest absolute Gasteiger partial charge is 0.465 e. The van der Waals surface area contributed by atoms with Crippen LogP contribution in [0.2, 0.25) is 0 Å². The van der Waals surface area contributed by atoms with E-state index in [1.54, 1.807) is 33.7 Å². The van der Waals surface area contributed by atoms with Gasteiger partial charge in [-0.15, -0.1) is 24.9 Å². The molecule has 3 unspecified atom stereocenters. The number of likely N-dealkylation sites (tertiary alicyclic amines) is 1. The Morgan fingerprint density at radius 3 is 2.50 bits per heavy atom. The molecule has 3 heterocycles. The van der Waals surface area contributed by atoms with Crippen LogP contribution in [0.3, 0.4) is 0 Å². The number of carbonyl (C=O) groups is 3. The number of esters is 1. The molecule has 8 heteroatoms. The number of fused-ring (bicyclic) bond motifs is 1. The van der Waals surface area contributed by atoms with Gasteiger partial charge in [0.05, 0.1) is 35.8 Å². The molecule has 3 rings (SSSR count). The first-order valence-corrected chi connectivity index (χ1v) is 14.1. The molecule has 3 aliphatic heterocycles. The summed E-state index contributed by atoms with van der Waals surface area (Å²) in [7, 11) is 0. The van der Waals surface area contributed by atoms with Crippen molar-refractivity contribution in [3.8, 4) is 0 Å². The molecular weight excluding hydrogens is 476 g/mol. The van der Waals surface area contributed by atoms with E-state index in [1.807, 2.05) is 34.6 Å². The number of hydrogen-bond acceptors (Lipinski definition) is 6. The summed E-state index contributed by atoms with van der Waals surface area (Å²) in [5, 5.41) is 10.3. The van der Waals surface area contributed by atoms with Crippen LogP contribution >= 0.6 is 11.8 Å². The second kappa shape index (κ2) is 10.9. The average Bonchev–Trinajstić information content (AvgIpc) is 3.38. The van der Waals surface area contributed by atoms with Crippen molar-refractivity contribution < 1.29 is 24.2 Å². The van der Waals surface area contributed by atoms with E-state index in [0.29, 0.717) is 13.0 Å². The molecule has 7 nitrogen and oxygen atoms in total. The Balaban J connectivity index is 2.10. The zero-order valence-electron chi connectivity index (χ0n) is 22.7. The van der Waals surface area contributed by atoms with Gasteiger partial charge in [-0.05, 0) is 51.9 Å². The van der Waals surface area contributed by atoms with Gasteiger partial charge in [0, 0.05) is 17.3 Å². The Morgan fingerprint density at radius 2 is 1.97 bits per heavy atom. The maximum Gasteiger partial charge on any atom is 0.310 e. The monoisotopic (exact) mass is 520 g/mol. The first-order valence-electron chi connectivity index (χ1n) is 13.2. The molecule has 7 atom stereocenters. The quantitative estimate of drug-likeness (QED) is 0.254. The molecule has 1 N–H and O–H groups in total. The van der Waals surface area contributed by atoms with Gasteiger partial charge >= 0.3 is 5.97 Å². The van der Waals surface area contributed by atoms with Crippen molar-refractivity contribution in [3.63, 3.8) is 0 Å². The second-order valence-electron chi connectivity index (χ2n) is 11.8. The molecule has 3 saturated heterocycles. The third-order valence-corrected chi connectivity index (χ3v) is 10.3. The Kier molecular flexibility index (Phi) is 8.71. The number of aliphatic hydroxyl groups is 1. The van der Waals surface area contributed by atoms with Crippen LogP contribution in [0.4, 0.5) is 0 Å². The second-order valence-corrected chi connectivity index (χ2v) is 13.3. The predicted molar refractivity (Wildman–Crippen MR) is 143 cm³/mol. The number of thioether (sulfide) groups is 1. The molecule has 1 spiro atoms. The molecule has 0 saturated carbocycles. The lowest BCUT2D eigenvalue weighted by Gasteiger charge is -2.45. The van der Waals surface area contributed by atoms with Crippen molar-refractivity contribution in [2.45, 2.75) is 88.4 Å². The molecule has 0 radical (unpaired) electrons. The maximum atomic E-state index is 14.4. The van der Waals surface area contributed by atoms with Crippen molar-refractivity contribution >= 4 is 29.5 Å². The minimum atomic E-state index is -0.766. The molecule has 0 aromatic heterocycles. The van der Waals surface area contributed by atoms with Crippen LogP contribution in [0, 0.1) is 23.7 Å². The van der Waals surface area contributed by atoms with E-state index in [9.17, 15) is 19.5 Å². The van der Waals surface area contributed by atoms with E-state index in [2.05, 4.69) is 20.1 Å². The summed E-state index contributed by atoms with van der Waals surface area (Å²) in [6, 6.07) is -1.29. The predicted octanol–water partition coefficient (Wildman–Crippen LogP) is 3.66. The van der Waals surface area contributed by atoms with Crippen molar-refractivity contribution in [2.75, 3.05) is 19.8 Å². The number of allylic oxidation sites excluding steroid dienone is 1.